The van der Waals surface area contributed by atoms with Crippen LogP contribution in [0.2, 0.25) is 0 Å². The Labute approximate surface area is 59.7 Å². The van der Waals surface area contributed by atoms with E-state index in [4.69, 9.17) is 0 Å². The number of rotatable bonds is 4. The van der Waals surface area contributed by atoms with E-state index in [-0.39, 0.29) is 0 Å². The smallest absolute Gasteiger partial charge is 0.287 e. The van der Waals surface area contributed by atoms with E-state index < -0.39 is 12.2 Å². The van der Waals surface area contributed by atoms with Crippen LogP contribution in [0.25, 0.3) is 0 Å². The zero-order valence-electron chi connectivity index (χ0n) is 5.17. The molecule has 0 saturated heterocycles. The summed E-state index contributed by atoms with van der Waals surface area (Å²) in [6.07, 6.45) is -3.33. The third-order valence-corrected chi connectivity index (χ3v) is 0.507. The number of halogens is 4. The first-order chi connectivity index (χ1) is 5.13. The number of hydrazine groups is 2. The summed E-state index contributed by atoms with van der Waals surface area (Å²) in [5.74, 6) is 0. The molecule has 64 valence electrons. The highest BCUT2D eigenvalue weighted by atomic mass is 19.3. The fourth-order valence-corrected chi connectivity index (χ4v) is 0.223. The van der Waals surface area contributed by atoms with Crippen molar-refractivity contribution in [1.82, 2.24) is 16.4 Å². The molecule has 0 aliphatic heterocycles. The summed E-state index contributed by atoms with van der Waals surface area (Å²) < 4.78 is 44.8. The lowest BCUT2D eigenvalue weighted by Crippen LogP contribution is -2.36. The zero-order chi connectivity index (χ0) is 8.69. The van der Waals surface area contributed by atoms with Crippen molar-refractivity contribution in [2.75, 3.05) is 0 Å². The van der Waals surface area contributed by atoms with E-state index in [1.165, 1.54) is 0 Å². The largest absolute Gasteiger partial charge is 0.306 e. The van der Waals surface area contributed by atoms with Crippen molar-refractivity contribution in [3.63, 3.8) is 0 Å². The molecule has 0 unspecified atom stereocenters. The summed E-state index contributed by atoms with van der Waals surface area (Å²) in [6, 6.07) is 0. The predicted molar refractivity (Wildman–Crippen MR) is 30.0 cm³/mol. The van der Waals surface area contributed by atoms with E-state index in [0.717, 1.165) is 0 Å². The van der Waals surface area contributed by atoms with Gasteiger partial charge in [-0.15, -0.1) is 0 Å². The summed E-state index contributed by atoms with van der Waals surface area (Å²) in [7, 11) is 0. The van der Waals surface area contributed by atoms with E-state index in [0.29, 0.717) is 12.4 Å². The van der Waals surface area contributed by atoms with Crippen LogP contribution in [0.3, 0.4) is 0 Å². The van der Waals surface area contributed by atoms with E-state index in [2.05, 4.69) is 0 Å². The van der Waals surface area contributed by atoms with Gasteiger partial charge in [-0.25, -0.2) is 0 Å². The second-order valence-electron chi connectivity index (χ2n) is 1.28. The van der Waals surface area contributed by atoms with Crippen LogP contribution in [0.1, 0.15) is 0 Å². The van der Waals surface area contributed by atoms with E-state index in [9.17, 15) is 17.6 Å². The van der Waals surface area contributed by atoms with Gasteiger partial charge in [0.1, 0.15) is 0 Å². The summed E-state index contributed by atoms with van der Waals surface area (Å²) in [5.41, 5.74) is 5.41. The Bertz CT molecular complexity index is 141. The lowest BCUT2D eigenvalue weighted by Gasteiger charge is -1.99. The van der Waals surface area contributed by atoms with Gasteiger partial charge >= 0.3 is 0 Å². The quantitative estimate of drug-likeness (QED) is 0.336. The Morgan fingerprint density at radius 1 is 0.818 bits per heavy atom. The Kier molecular flexibility index (Phi) is 4.91. The highest BCUT2D eigenvalue weighted by Gasteiger charge is 1.85. The Balaban J connectivity index is 3.29. The van der Waals surface area contributed by atoms with Crippen LogP contribution in [0, 0.1) is 0 Å². The number of hydrogen-bond donors (Lipinski definition) is 3. The molecule has 0 aromatic heterocycles. The molecule has 0 amide bonds. The van der Waals surface area contributed by atoms with E-state index in [1.807, 2.05) is 5.53 Å². The summed E-state index contributed by atoms with van der Waals surface area (Å²) in [5, 5.41) is 0. The number of nitrogens with one attached hydrogen (secondary N) is 3. The molecule has 0 aromatic carbocycles. The second kappa shape index (κ2) is 5.54. The van der Waals surface area contributed by atoms with Gasteiger partial charge in [-0.1, -0.05) is 0 Å². The summed E-state index contributed by atoms with van der Waals surface area (Å²) in [6.45, 7) is 0. The van der Waals surface area contributed by atoms with Gasteiger partial charge in [0, 0.05) is 0 Å². The van der Waals surface area contributed by atoms with Gasteiger partial charge in [0.15, 0.2) is 0 Å². The Morgan fingerprint density at radius 3 is 1.45 bits per heavy atom. The molecule has 0 aromatic rings. The van der Waals surface area contributed by atoms with E-state index >= 15 is 0 Å². The van der Waals surface area contributed by atoms with Crippen molar-refractivity contribution in [1.29, 1.82) is 0 Å². The molecule has 7 heteroatoms. The highest BCUT2D eigenvalue weighted by Crippen LogP contribution is 1.92. The van der Waals surface area contributed by atoms with Crippen LogP contribution in [0.15, 0.2) is 24.6 Å². The highest BCUT2D eigenvalue weighted by molar-refractivity contribution is 4.77. The van der Waals surface area contributed by atoms with Gasteiger partial charge < -0.3 is 10.9 Å². The van der Waals surface area contributed by atoms with Crippen molar-refractivity contribution in [2.45, 2.75) is 0 Å². The van der Waals surface area contributed by atoms with Crippen molar-refractivity contribution in [3.8, 4) is 0 Å². The molecule has 0 radical (unpaired) electrons. The van der Waals surface area contributed by atoms with Crippen LogP contribution in [-0.4, -0.2) is 0 Å². The molecule has 0 aliphatic rings. The summed E-state index contributed by atoms with van der Waals surface area (Å²) >= 11 is 0. The molecular weight excluding hydrogens is 166 g/mol. The monoisotopic (exact) mass is 171 g/mol. The predicted octanol–water partition coefficient (Wildman–Crippen LogP) is 1.06. The molecule has 0 heterocycles. The van der Waals surface area contributed by atoms with E-state index in [1.54, 1.807) is 10.9 Å². The molecule has 0 atom stereocenters. The molecule has 0 spiro atoms. The van der Waals surface area contributed by atoms with Crippen LogP contribution in [0.5, 0.6) is 0 Å². The van der Waals surface area contributed by atoms with Crippen molar-refractivity contribution in [3.05, 3.63) is 24.6 Å². The molecule has 11 heavy (non-hydrogen) atoms. The number of hydrogen-bond acceptors (Lipinski definition) is 3. The van der Waals surface area contributed by atoms with Gasteiger partial charge in [-0.3, -0.25) is 0 Å². The van der Waals surface area contributed by atoms with Gasteiger partial charge in [-0.05, 0) is 0 Å². The van der Waals surface area contributed by atoms with Crippen LogP contribution >= 0.6 is 0 Å². The minimum Gasteiger partial charge on any atom is -0.306 e. The maximum Gasteiger partial charge on any atom is 0.287 e. The standard InChI is InChI=1S/C4H5F4N3/c5-3(6)1-9-11-10-2-4(7)8/h1-2,9-11H. The van der Waals surface area contributed by atoms with Crippen LogP contribution < -0.4 is 16.4 Å². The average molecular weight is 171 g/mol. The van der Waals surface area contributed by atoms with Gasteiger partial charge in [0.2, 0.25) is 0 Å². The SMILES string of the molecule is FC(F)=CNNNC=C(F)F. The van der Waals surface area contributed by atoms with Crippen LogP contribution in [0.4, 0.5) is 17.6 Å². The minimum absolute atomic E-state index is 0.303. The first kappa shape index (κ1) is 9.76. The van der Waals surface area contributed by atoms with Crippen molar-refractivity contribution < 1.29 is 17.6 Å². The Morgan fingerprint density at radius 2 is 1.18 bits per heavy atom. The van der Waals surface area contributed by atoms with Gasteiger partial charge in [0.25, 0.3) is 12.2 Å². The molecule has 0 aliphatic carbocycles. The maximum absolute atomic E-state index is 11.2. The van der Waals surface area contributed by atoms with Crippen LogP contribution in [-0.2, 0) is 0 Å². The average Bonchev–Trinajstić information content (AvgIpc) is 1.85. The third-order valence-electron chi connectivity index (χ3n) is 0.507. The lowest BCUT2D eigenvalue weighted by molar-refractivity contribution is 0.396. The first-order valence-electron chi connectivity index (χ1n) is 2.41. The van der Waals surface area contributed by atoms with Gasteiger partial charge in [-0.2, -0.15) is 23.1 Å². The zero-order valence-corrected chi connectivity index (χ0v) is 5.17. The normalized spacial score (nSPS) is 8.36. The maximum atomic E-state index is 11.2. The molecular formula is C4H5F4N3. The molecule has 3 nitrogen and oxygen atoms in total. The molecule has 0 saturated carbocycles. The second-order valence-corrected chi connectivity index (χ2v) is 1.28. The minimum atomic E-state index is -1.97. The fraction of sp³-hybridized carbons (Fsp3) is 0. The molecule has 3 N–H and O–H groups in total. The molecule has 0 fully saturated rings. The summed E-state index contributed by atoms with van der Waals surface area (Å²) in [4.78, 5) is 0. The Hall–Kier alpha value is -1.24. The van der Waals surface area contributed by atoms with Crippen molar-refractivity contribution in [2.24, 2.45) is 0 Å². The van der Waals surface area contributed by atoms with Gasteiger partial charge in [0.05, 0.1) is 12.4 Å². The van der Waals surface area contributed by atoms with Crippen molar-refractivity contribution >= 4 is 0 Å². The molecule has 0 bridgehead atoms. The lowest BCUT2D eigenvalue weighted by atomic mass is 11.0. The first-order valence-corrected chi connectivity index (χ1v) is 2.41. The molecule has 0 rings (SSSR count). The topological polar surface area (TPSA) is 36.1 Å². The fourth-order valence-electron chi connectivity index (χ4n) is 0.223. The third kappa shape index (κ3) is 8.76.